The second-order valence-electron chi connectivity index (χ2n) is 6.06. The fourth-order valence-corrected chi connectivity index (χ4v) is 2.83. The molecule has 0 radical (unpaired) electrons. The van der Waals surface area contributed by atoms with Crippen molar-refractivity contribution in [2.45, 2.75) is 0 Å². The Kier molecular flexibility index (Phi) is 4.77. The predicted molar refractivity (Wildman–Crippen MR) is 99.7 cm³/mol. The van der Waals surface area contributed by atoms with Gasteiger partial charge in [0.05, 0.1) is 24.4 Å². The van der Waals surface area contributed by atoms with Crippen LogP contribution in [0.3, 0.4) is 0 Å². The van der Waals surface area contributed by atoms with Crippen LogP contribution in [0.5, 0.6) is 0 Å². The Morgan fingerprint density at radius 1 is 1.18 bits per heavy atom. The van der Waals surface area contributed by atoms with Crippen LogP contribution in [0.2, 0.25) is 0 Å². The molecule has 28 heavy (non-hydrogen) atoms. The van der Waals surface area contributed by atoms with Gasteiger partial charge in [0.2, 0.25) is 0 Å². The molecule has 144 valence electrons. The van der Waals surface area contributed by atoms with Crippen LogP contribution in [0.15, 0.2) is 50.3 Å². The first-order valence-electron chi connectivity index (χ1n) is 8.54. The van der Waals surface area contributed by atoms with Gasteiger partial charge in [-0.15, -0.1) is 0 Å². The van der Waals surface area contributed by atoms with E-state index in [4.69, 9.17) is 13.6 Å². The number of hydrogen-bond acceptors (Lipinski definition) is 8. The number of nitrogens with one attached hydrogen (secondary N) is 1. The van der Waals surface area contributed by atoms with Crippen molar-refractivity contribution in [1.29, 1.82) is 0 Å². The number of benzene rings is 1. The van der Waals surface area contributed by atoms with Gasteiger partial charge in [-0.25, -0.2) is 5.43 Å². The summed E-state index contributed by atoms with van der Waals surface area (Å²) in [6.45, 7) is 2.82. The van der Waals surface area contributed by atoms with Gasteiger partial charge >= 0.3 is 5.91 Å². The van der Waals surface area contributed by atoms with Gasteiger partial charge in [0.15, 0.2) is 11.6 Å². The Labute approximate surface area is 158 Å². The van der Waals surface area contributed by atoms with Crippen molar-refractivity contribution in [3.05, 3.63) is 58.0 Å². The average Bonchev–Trinajstić information content (AvgIpc) is 3.35. The number of amides is 1. The van der Waals surface area contributed by atoms with E-state index in [1.54, 1.807) is 6.07 Å². The first kappa shape index (κ1) is 17.7. The van der Waals surface area contributed by atoms with Gasteiger partial charge in [0, 0.05) is 36.7 Å². The quantitative estimate of drug-likeness (QED) is 0.407. The van der Waals surface area contributed by atoms with Gasteiger partial charge in [-0.2, -0.15) is 5.10 Å². The van der Waals surface area contributed by atoms with E-state index in [9.17, 15) is 14.9 Å². The summed E-state index contributed by atoms with van der Waals surface area (Å²) in [5, 5.41) is 15.1. The highest BCUT2D eigenvalue weighted by molar-refractivity contribution is 5.96. The molecule has 1 aromatic carbocycles. The summed E-state index contributed by atoms with van der Waals surface area (Å²) in [7, 11) is 0. The normalized spacial score (nSPS) is 14.6. The zero-order valence-corrected chi connectivity index (χ0v) is 14.7. The van der Waals surface area contributed by atoms with E-state index in [0.717, 1.165) is 19.0 Å². The number of carbonyl (C=O) groups is 1. The number of nitrogens with zero attached hydrogens (tertiary/aromatic N) is 3. The lowest BCUT2D eigenvalue weighted by Crippen LogP contribution is -2.35. The lowest BCUT2D eigenvalue weighted by Gasteiger charge is -2.26. The molecule has 1 aliphatic rings. The number of carbonyl (C=O) groups excluding carboxylic acids is 1. The number of nitro groups is 1. The minimum absolute atomic E-state index is 0.00102. The maximum Gasteiger partial charge on any atom is 0.307 e. The molecule has 10 heteroatoms. The van der Waals surface area contributed by atoms with Gasteiger partial charge < -0.3 is 18.5 Å². The van der Waals surface area contributed by atoms with Crippen molar-refractivity contribution in [1.82, 2.24) is 5.43 Å². The van der Waals surface area contributed by atoms with E-state index in [1.807, 2.05) is 6.07 Å². The second kappa shape index (κ2) is 7.53. The summed E-state index contributed by atoms with van der Waals surface area (Å²) in [5.74, 6) is 0.633. The molecule has 3 heterocycles. The van der Waals surface area contributed by atoms with E-state index in [1.165, 1.54) is 30.5 Å². The van der Waals surface area contributed by atoms with E-state index in [2.05, 4.69) is 15.4 Å². The number of hydrazone groups is 1. The molecule has 0 aliphatic carbocycles. The number of nitro benzene ring substituents is 1. The van der Waals surface area contributed by atoms with Gasteiger partial charge in [-0.3, -0.25) is 14.9 Å². The minimum atomic E-state index is -0.574. The van der Waals surface area contributed by atoms with Crippen molar-refractivity contribution in [2.75, 3.05) is 31.2 Å². The van der Waals surface area contributed by atoms with Gasteiger partial charge in [0.1, 0.15) is 11.3 Å². The average molecular weight is 384 g/mol. The monoisotopic (exact) mass is 384 g/mol. The van der Waals surface area contributed by atoms with Gasteiger partial charge in [-0.05, 0) is 18.2 Å². The van der Waals surface area contributed by atoms with Crippen molar-refractivity contribution >= 4 is 34.7 Å². The number of fused-ring (bicyclic) bond motifs is 1. The zero-order valence-electron chi connectivity index (χ0n) is 14.7. The number of anilines is 1. The fraction of sp³-hybridized carbons (Fsp3) is 0.222. The number of ether oxygens (including phenoxy) is 1. The van der Waals surface area contributed by atoms with E-state index in [0.29, 0.717) is 29.9 Å². The van der Waals surface area contributed by atoms with Crippen LogP contribution in [0, 0.1) is 10.1 Å². The predicted octanol–water partition coefficient (Wildman–Crippen LogP) is 2.53. The van der Waals surface area contributed by atoms with Crippen LogP contribution in [0.25, 0.3) is 11.0 Å². The van der Waals surface area contributed by atoms with E-state index >= 15 is 0 Å². The molecule has 10 nitrogen and oxygen atoms in total. The third-order valence-electron chi connectivity index (χ3n) is 4.23. The van der Waals surface area contributed by atoms with Crippen LogP contribution in [0.1, 0.15) is 16.3 Å². The number of morpholine rings is 1. The van der Waals surface area contributed by atoms with Crippen molar-refractivity contribution < 1.29 is 23.3 Å². The van der Waals surface area contributed by atoms with Crippen molar-refractivity contribution in [3.63, 3.8) is 0 Å². The lowest BCUT2D eigenvalue weighted by molar-refractivity contribution is -0.384. The smallest absolute Gasteiger partial charge is 0.307 e. The first-order valence-corrected chi connectivity index (χ1v) is 8.54. The molecule has 1 aliphatic heterocycles. The summed E-state index contributed by atoms with van der Waals surface area (Å²) in [6.07, 6.45) is 1.38. The Bertz CT molecular complexity index is 1050. The molecule has 2 aromatic heterocycles. The summed E-state index contributed by atoms with van der Waals surface area (Å²) in [6, 6.07) is 9.12. The van der Waals surface area contributed by atoms with Gasteiger partial charge in [-0.1, -0.05) is 0 Å². The standard InChI is InChI=1S/C18H16N4O6/c23-18(16-10-12-9-13(22(24)25)1-3-15(12)28-16)20-19-11-14-2-4-17(27-14)21-5-7-26-8-6-21/h1-4,9-11H,5-8H2,(H,20,23)/b19-11-. The maximum atomic E-state index is 12.2. The first-order chi connectivity index (χ1) is 13.6. The molecule has 0 bridgehead atoms. The van der Waals surface area contributed by atoms with Crippen LogP contribution in [0.4, 0.5) is 11.6 Å². The van der Waals surface area contributed by atoms with Crippen LogP contribution < -0.4 is 10.3 Å². The second-order valence-corrected chi connectivity index (χ2v) is 6.06. The molecule has 1 N–H and O–H groups in total. The molecule has 0 unspecified atom stereocenters. The highest BCUT2D eigenvalue weighted by Gasteiger charge is 2.16. The molecule has 0 atom stereocenters. The summed E-state index contributed by atoms with van der Waals surface area (Å²) < 4.78 is 16.4. The Hall–Kier alpha value is -3.66. The van der Waals surface area contributed by atoms with Crippen LogP contribution >= 0.6 is 0 Å². The third-order valence-corrected chi connectivity index (χ3v) is 4.23. The van der Waals surface area contributed by atoms with Crippen molar-refractivity contribution in [2.24, 2.45) is 5.10 Å². The minimum Gasteiger partial charge on any atom is -0.451 e. The highest BCUT2D eigenvalue weighted by atomic mass is 16.6. The molecule has 0 spiro atoms. The van der Waals surface area contributed by atoms with Gasteiger partial charge in [0.25, 0.3) is 5.69 Å². The molecule has 0 saturated carbocycles. The molecule has 3 aromatic rings. The number of hydrogen-bond donors (Lipinski definition) is 1. The molecule has 4 rings (SSSR count). The Morgan fingerprint density at radius 3 is 2.79 bits per heavy atom. The third kappa shape index (κ3) is 3.71. The van der Waals surface area contributed by atoms with E-state index in [-0.39, 0.29) is 11.4 Å². The fourth-order valence-electron chi connectivity index (χ4n) is 2.83. The van der Waals surface area contributed by atoms with Crippen LogP contribution in [-0.4, -0.2) is 43.3 Å². The molecular weight excluding hydrogens is 368 g/mol. The zero-order chi connectivity index (χ0) is 19.5. The van der Waals surface area contributed by atoms with E-state index < -0.39 is 10.8 Å². The number of rotatable bonds is 5. The summed E-state index contributed by atoms with van der Waals surface area (Å²) in [5.41, 5.74) is 2.64. The largest absolute Gasteiger partial charge is 0.451 e. The topological polar surface area (TPSA) is 123 Å². The number of furan rings is 2. The molecule has 1 fully saturated rings. The lowest BCUT2D eigenvalue weighted by atomic mass is 10.2. The maximum absolute atomic E-state index is 12.2. The van der Waals surface area contributed by atoms with Crippen LogP contribution in [-0.2, 0) is 4.74 Å². The molecule has 1 amide bonds. The molecular formula is C18H16N4O6. The summed E-state index contributed by atoms with van der Waals surface area (Å²) in [4.78, 5) is 24.5. The van der Waals surface area contributed by atoms with Crippen molar-refractivity contribution in [3.8, 4) is 0 Å². The SMILES string of the molecule is O=C(N/N=C\c1ccc(N2CCOCC2)o1)c1cc2cc([N+](=O)[O-])ccc2o1. The Balaban J connectivity index is 1.40. The molecule has 1 saturated heterocycles. The highest BCUT2D eigenvalue weighted by Crippen LogP contribution is 2.24. The summed E-state index contributed by atoms with van der Waals surface area (Å²) >= 11 is 0. The number of non-ortho nitro benzene ring substituents is 1. The Morgan fingerprint density at radius 2 is 2.00 bits per heavy atom.